The highest BCUT2D eigenvalue weighted by molar-refractivity contribution is 5.30. The smallest absolute Gasteiger partial charge is 0.126 e. The molecule has 0 aliphatic rings. The van der Waals surface area contributed by atoms with Gasteiger partial charge in [-0.1, -0.05) is 31.2 Å². The number of hydrogen-bond acceptors (Lipinski definition) is 3. The normalized spacial score (nSPS) is 12.6. The van der Waals surface area contributed by atoms with Gasteiger partial charge in [0, 0.05) is 0 Å². The molecule has 1 heterocycles. The molecular weight excluding hydrogens is 200 g/mol. The van der Waals surface area contributed by atoms with Gasteiger partial charge in [0.2, 0.25) is 0 Å². The Morgan fingerprint density at radius 3 is 2.81 bits per heavy atom. The van der Waals surface area contributed by atoms with Crippen LogP contribution in [0.1, 0.15) is 29.9 Å². The van der Waals surface area contributed by atoms with Crippen molar-refractivity contribution in [1.29, 1.82) is 0 Å². The quantitative estimate of drug-likeness (QED) is 0.609. The third kappa shape index (κ3) is 2.15. The fourth-order valence-corrected chi connectivity index (χ4v) is 1.79. The predicted molar refractivity (Wildman–Crippen MR) is 63.7 cm³/mol. The van der Waals surface area contributed by atoms with Crippen molar-refractivity contribution in [2.75, 3.05) is 0 Å². The third-order valence-electron chi connectivity index (χ3n) is 2.69. The maximum atomic E-state index is 5.58. The number of rotatable bonds is 4. The second-order valence-corrected chi connectivity index (χ2v) is 3.71. The molecule has 0 aliphatic heterocycles. The zero-order valence-electron chi connectivity index (χ0n) is 9.31. The van der Waals surface area contributed by atoms with Crippen LogP contribution in [0, 0.1) is 0 Å². The lowest BCUT2D eigenvalue weighted by Gasteiger charge is -2.14. The Kier molecular flexibility index (Phi) is 3.39. The molecule has 3 heteroatoms. The minimum absolute atomic E-state index is 0.0819. The summed E-state index contributed by atoms with van der Waals surface area (Å²) >= 11 is 0. The second kappa shape index (κ2) is 4.96. The number of benzene rings is 1. The maximum absolute atomic E-state index is 5.58. The lowest BCUT2D eigenvalue weighted by atomic mass is 10.0. The van der Waals surface area contributed by atoms with Crippen LogP contribution < -0.4 is 11.3 Å². The van der Waals surface area contributed by atoms with E-state index in [2.05, 4.69) is 24.5 Å². The van der Waals surface area contributed by atoms with Crippen LogP contribution in [-0.4, -0.2) is 0 Å². The van der Waals surface area contributed by atoms with E-state index in [9.17, 15) is 0 Å². The molecule has 1 aromatic carbocycles. The molecule has 2 aromatic rings. The molecule has 1 aromatic heterocycles. The number of aryl methyl sites for hydroxylation is 1. The molecule has 16 heavy (non-hydrogen) atoms. The van der Waals surface area contributed by atoms with Crippen molar-refractivity contribution in [3.8, 4) is 0 Å². The average molecular weight is 216 g/mol. The summed E-state index contributed by atoms with van der Waals surface area (Å²) in [6, 6.07) is 12.0. The summed E-state index contributed by atoms with van der Waals surface area (Å²) in [7, 11) is 0. The Hall–Kier alpha value is -1.58. The lowest BCUT2D eigenvalue weighted by molar-refractivity contribution is 0.452. The Balaban J connectivity index is 2.33. The van der Waals surface area contributed by atoms with Crippen molar-refractivity contribution in [3.63, 3.8) is 0 Å². The first-order valence-corrected chi connectivity index (χ1v) is 5.43. The van der Waals surface area contributed by atoms with E-state index in [1.165, 1.54) is 5.56 Å². The van der Waals surface area contributed by atoms with E-state index < -0.39 is 0 Å². The molecule has 0 saturated heterocycles. The van der Waals surface area contributed by atoms with Crippen LogP contribution in [0.15, 0.2) is 47.1 Å². The molecule has 0 radical (unpaired) electrons. The number of nitrogens with one attached hydrogen (secondary N) is 1. The summed E-state index contributed by atoms with van der Waals surface area (Å²) in [5, 5.41) is 0. The van der Waals surface area contributed by atoms with Gasteiger partial charge in [0.15, 0.2) is 0 Å². The van der Waals surface area contributed by atoms with E-state index in [-0.39, 0.29) is 6.04 Å². The zero-order valence-corrected chi connectivity index (χ0v) is 9.31. The first-order chi connectivity index (χ1) is 7.85. The van der Waals surface area contributed by atoms with E-state index in [1.54, 1.807) is 6.26 Å². The van der Waals surface area contributed by atoms with Crippen LogP contribution in [0.25, 0.3) is 0 Å². The Morgan fingerprint density at radius 2 is 2.19 bits per heavy atom. The number of hydrogen-bond donors (Lipinski definition) is 2. The fraction of sp³-hybridized carbons (Fsp3) is 0.231. The van der Waals surface area contributed by atoms with Gasteiger partial charge in [0.05, 0.1) is 6.26 Å². The van der Waals surface area contributed by atoms with Crippen LogP contribution >= 0.6 is 0 Å². The molecule has 1 unspecified atom stereocenters. The van der Waals surface area contributed by atoms with Crippen LogP contribution in [-0.2, 0) is 6.42 Å². The van der Waals surface area contributed by atoms with Crippen LogP contribution in [0.2, 0.25) is 0 Å². The average Bonchev–Trinajstić information content (AvgIpc) is 2.84. The standard InChI is InChI=1S/C13H16N2O/c1-2-10-5-3-6-11(9-10)13(15-14)12-7-4-8-16-12/h3-9,13,15H,2,14H2,1H3. The van der Waals surface area contributed by atoms with E-state index in [1.807, 2.05) is 24.3 Å². The molecule has 3 nitrogen and oxygen atoms in total. The highest BCUT2D eigenvalue weighted by Crippen LogP contribution is 2.22. The summed E-state index contributed by atoms with van der Waals surface area (Å²) in [5.41, 5.74) is 5.20. The fourth-order valence-electron chi connectivity index (χ4n) is 1.79. The van der Waals surface area contributed by atoms with Crippen molar-refractivity contribution < 1.29 is 4.42 Å². The van der Waals surface area contributed by atoms with E-state index in [4.69, 9.17) is 10.3 Å². The summed E-state index contributed by atoms with van der Waals surface area (Å²) in [6.07, 6.45) is 2.67. The van der Waals surface area contributed by atoms with Crippen LogP contribution in [0.3, 0.4) is 0 Å². The summed E-state index contributed by atoms with van der Waals surface area (Å²) < 4.78 is 5.37. The van der Waals surface area contributed by atoms with Gasteiger partial charge in [-0.15, -0.1) is 0 Å². The SMILES string of the molecule is CCc1cccc(C(NN)c2ccco2)c1. The van der Waals surface area contributed by atoms with Gasteiger partial charge in [-0.05, 0) is 29.7 Å². The molecule has 1 atom stereocenters. The zero-order chi connectivity index (χ0) is 11.4. The van der Waals surface area contributed by atoms with Crippen molar-refractivity contribution in [2.45, 2.75) is 19.4 Å². The minimum atomic E-state index is -0.0819. The number of nitrogens with two attached hydrogens (primary N) is 1. The van der Waals surface area contributed by atoms with Crippen molar-refractivity contribution in [1.82, 2.24) is 5.43 Å². The van der Waals surface area contributed by atoms with Crippen molar-refractivity contribution >= 4 is 0 Å². The first kappa shape index (κ1) is 10.9. The van der Waals surface area contributed by atoms with Crippen molar-refractivity contribution in [3.05, 3.63) is 59.5 Å². The lowest BCUT2D eigenvalue weighted by Crippen LogP contribution is -2.28. The summed E-state index contributed by atoms with van der Waals surface area (Å²) in [6.45, 7) is 2.14. The highest BCUT2D eigenvalue weighted by atomic mass is 16.3. The molecule has 0 amide bonds. The van der Waals surface area contributed by atoms with Gasteiger partial charge in [-0.2, -0.15) is 0 Å². The Morgan fingerprint density at radius 1 is 1.31 bits per heavy atom. The maximum Gasteiger partial charge on any atom is 0.126 e. The van der Waals surface area contributed by atoms with E-state index in [0.29, 0.717) is 0 Å². The van der Waals surface area contributed by atoms with Gasteiger partial charge in [-0.3, -0.25) is 5.84 Å². The largest absolute Gasteiger partial charge is 0.467 e. The van der Waals surface area contributed by atoms with Gasteiger partial charge < -0.3 is 4.42 Å². The molecule has 3 N–H and O–H groups in total. The first-order valence-electron chi connectivity index (χ1n) is 5.43. The van der Waals surface area contributed by atoms with Gasteiger partial charge in [0.25, 0.3) is 0 Å². The summed E-state index contributed by atoms with van der Waals surface area (Å²) in [5.74, 6) is 6.41. The van der Waals surface area contributed by atoms with E-state index >= 15 is 0 Å². The Bertz CT molecular complexity index is 437. The molecular formula is C13H16N2O. The van der Waals surface area contributed by atoms with Gasteiger partial charge in [0.1, 0.15) is 11.8 Å². The molecule has 0 fully saturated rings. The predicted octanol–water partition coefficient (Wildman–Crippen LogP) is 2.39. The molecule has 0 aliphatic carbocycles. The highest BCUT2D eigenvalue weighted by Gasteiger charge is 2.14. The number of hydrazine groups is 1. The third-order valence-corrected chi connectivity index (χ3v) is 2.69. The summed E-state index contributed by atoms with van der Waals surface area (Å²) in [4.78, 5) is 0. The Labute approximate surface area is 95.2 Å². The van der Waals surface area contributed by atoms with Gasteiger partial charge >= 0.3 is 0 Å². The van der Waals surface area contributed by atoms with Gasteiger partial charge in [-0.25, -0.2) is 5.43 Å². The van der Waals surface area contributed by atoms with E-state index in [0.717, 1.165) is 17.7 Å². The minimum Gasteiger partial charge on any atom is -0.467 e. The van der Waals surface area contributed by atoms with Crippen LogP contribution in [0.4, 0.5) is 0 Å². The molecule has 84 valence electrons. The van der Waals surface area contributed by atoms with Crippen molar-refractivity contribution in [2.24, 2.45) is 5.84 Å². The molecule has 2 rings (SSSR count). The molecule has 0 saturated carbocycles. The molecule has 0 spiro atoms. The monoisotopic (exact) mass is 216 g/mol. The van der Waals surface area contributed by atoms with Crippen LogP contribution in [0.5, 0.6) is 0 Å². The topological polar surface area (TPSA) is 51.2 Å². The number of furan rings is 1. The molecule has 0 bridgehead atoms. The second-order valence-electron chi connectivity index (χ2n) is 3.71.